The van der Waals surface area contributed by atoms with Crippen LogP contribution in [0.4, 0.5) is 10.1 Å². The smallest absolute Gasteiger partial charge is 0.291 e. The van der Waals surface area contributed by atoms with Gasteiger partial charge in [-0.05, 0) is 37.3 Å². The zero-order valence-electron chi connectivity index (χ0n) is 12.0. The molecule has 3 aromatic rings. The Hall–Kier alpha value is -2.89. The van der Waals surface area contributed by atoms with Gasteiger partial charge in [0, 0.05) is 17.1 Å². The molecule has 0 bridgehead atoms. The number of pyridine rings is 1. The summed E-state index contributed by atoms with van der Waals surface area (Å²) in [6.45, 7) is 1.71. The van der Waals surface area contributed by atoms with E-state index in [1.807, 2.05) is 0 Å². The average Bonchev–Trinajstić information content (AvgIpc) is 2.85. The molecule has 5 nitrogen and oxygen atoms in total. The number of carbonyl (C=O) groups is 1. The van der Waals surface area contributed by atoms with E-state index in [1.54, 1.807) is 25.3 Å². The van der Waals surface area contributed by atoms with Crippen LogP contribution >= 0.6 is 0 Å². The fraction of sp³-hybridized carbons (Fsp3) is 0.125. The molecule has 22 heavy (non-hydrogen) atoms. The molecule has 0 saturated carbocycles. The Balaban J connectivity index is 1.97. The molecule has 112 valence electrons. The van der Waals surface area contributed by atoms with Gasteiger partial charge in [-0.1, -0.05) is 0 Å². The minimum absolute atomic E-state index is 0.131. The van der Waals surface area contributed by atoms with Gasteiger partial charge < -0.3 is 14.5 Å². The fourth-order valence-corrected chi connectivity index (χ4v) is 2.24. The minimum Gasteiger partial charge on any atom is -0.480 e. The number of ether oxygens (including phenoxy) is 1. The van der Waals surface area contributed by atoms with Gasteiger partial charge in [-0.25, -0.2) is 9.37 Å². The summed E-state index contributed by atoms with van der Waals surface area (Å²) in [7, 11) is 1.47. The molecule has 1 N–H and O–H groups in total. The van der Waals surface area contributed by atoms with E-state index >= 15 is 0 Å². The van der Waals surface area contributed by atoms with Crippen LogP contribution in [0.2, 0.25) is 0 Å². The van der Waals surface area contributed by atoms with Gasteiger partial charge in [0.1, 0.15) is 17.1 Å². The molecule has 3 rings (SSSR count). The first kappa shape index (κ1) is 14.1. The van der Waals surface area contributed by atoms with Crippen molar-refractivity contribution in [2.45, 2.75) is 6.92 Å². The molecule has 0 radical (unpaired) electrons. The van der Waals surface area contributed by atoms with Gasteiger partial charge in [-0.3, -0.25) is 4.79 Å². The lowest BCUT2D eigenvalue weighted by atomic mass is 10.1. The highest BCUT2D eigenvalue weighted by Gasteiger charge is 2.19. The number of furan rings is 1. The summed E-state index contributed by atoms with van der Waals surface area (Å²) in [5, 5.41) is 3.25. The lowest BCUT2D eigenvalue weighted by Crippen LogP contribution is -2.13. The number of halogens is 1. The van der Waals surface area contributed by atoms with E-state index < -0.39 is 5.91 Å². The molecule has 0 saturated heterocycles. The third-order valence-corrected chi connectivity index (χ3v) is 3.32. The molecule has 0 aliphatic rings. The van der Waals surface area contributed by atoms with Gasteiger partial charge >= 0.3 is 0 Å². The molecule has 6 heteroatoms. The van der Waals surface area contributed by atoms with Crippen LogP contribution in [0.5, 0.6) is 5.88 Å². The summed E-state index contributed by atoms with van der Waals surface area (Å²) in [5.41, 5.74) is 1.47. The Bertz CT molecular complexity index is 858. The number of methoxy groups -OCH3 is 1. The first-order valence-corrected chi connectivity index (χ1v) is 6.59. The Morgan fingerprint density at radius 2 is 2.18 bits per heavy atom. The maximum absolute atomic E-state index is 13.3. The molecule has 0 atom stereocenters. The number of aromatic nitrogens is 1. The van der Waals surface area contributed by atoms with Crippen LogP contribution in [-0.4, -0.2) is 18.0 Å². The number of fused-ring (bicyclic) bond motifs is 1. The normalized spacial score (nSPS) is 10.7. The maximum atomic E-state index is 13.3. The second-order valence-corrected chi connectivity index (χ2v) is 4.71. The number of nitrogens with one attached hydrogen (secondary N) is 1. The number of amides is 1. The SMILES string of the molecule is COc1ncccc1NC(=O)c1oc2ccc(F)cc2c1C. The van der Waals surface area contributed by atoms with Crippen LogP contribution in [0.3, 0.4) is 0 Å². The van der Waals surface area contributed by atoms with E-state index in [-0.39, 0.29) is 11.6 Å². The van der Waals surface area contributed by atoms with Gasteiger partial charge in [0.05, 0.1) is 7.11 Å². The van der Waals surface area contributed by atoms with Gasteiger partial charge in [-0.2, -0.15) is 0 Å². The van der Waals surface area contributed by atoms with E-state index in [4.69, 9.17) is 9.15 Å². The number of rotatable bonds is 3. The molecule has 2 heterocycles. The van der Waals surface area contributed by atoms with Gasteiger partial charge in [-0.15, -0.1) is 0 Å². The third-order valence-electron chi connectivity index (χ3n) is 3.32. The van der Waals surface area contributed by atoms with Crippen LogP contribution in [0.15, 0.2) is 40.9 Å². The van der Waals surface area contributed by atoms with E-state index in [9.17, 15) is 9.18 Å². The number of benzene rings is 1. The highest BCUT2D eigenvalue weighted by atomic mass is 19.1. The van der Waals surface area contributed by atoms with Crippen molar-refractivity contribution in [3.63, 3.8) is 0 Å². The first-order chi connectivity index (χ1) is 10.6. The van der Waals surface area contributed by atoms with Crippen molar-refractivity contribution >= 4 is 22.6 Å². The molecule has 0 unspecified atom stereocenters. The number of anilines is 1. The predicted octanol–water partition coefficient (Wildman–Crippen LogP) is 3.54. The Morgan fingerprint density at radius 3 is 2.95 bits per heavy atom. The molecule has 0 aliphatic carbocycles. The Morgan fingerprint density at radius 1 is 1.36 bits per heavy atom. The van der Waals surface area contributed by atoms with Crippen molar-refractivity contribution in [1.82, 2.24) is 4.98 Å². The van der Waals surface area contributed by atoms with Crippen molar-refractivity contribution in [2.24, 2.45) is 0 Å². The van der Waals surface area contributed by atoms with E-state index in [0.29, 0.717) is 28.1 Å². The topological polar surface area (TPSA) is 64.4 Å². The van der Waals surface area contributed by atoms with E-state index in [2.05, 4.69) is 10.3 Å². The molecular weight excluding hydrogens is 287 g/mol. The lowest BCUT2D eigenvalue weighted by molar-refractivity contribution is 0.0997. The summed E-state index contributed by atoms with van der Waals surface area (Å²) in [4.78, 5) is 16.4. The summed E-state index contributed by atoms with van der Waals surface area (Å²) >= 11 is 0. The van der Waals surface area contributed by atoms with Crippen molar-refractivity contribution in [3.8, 4) is 5.88 Å². The predicted molar refractivity (Wildman–Crippen MR) is 79.7 cm³/mol. The molecule has 1 aromatic carbocycles. The summed E-state index contributed by atoms with van der Waals surface area (Å²) in [6.07, 6.45) is 1.56. The van der Waals surface area contributed by atoms with Crippen LogP contribution in [-0.2, 0) is 0 Å². The second kappa shape index (κ2) is 5.48. The van der Waals surface area contributed by atoms with Gasteiger partial charge in [0.2, 0.25) is 5.88 Å². The quantitative estimate of drug-likeness (QED) is 0.803. The monoisotopic (exact) mass is 300 g/mol. The summed E-state index contributed by atoms with van der Waals surface area (Å²) in [5.74, 6) is -0.389. The Kier molecular flexibility index (Phi) is 3.50. The lowest BCUT2D eigenvalue weighted by Gasteiger charge is -2.07. The van der Waals surface area contributed by atoms with E-state index in [0.717, 1.165) is 0 Å². The third kappa shape index (κ3) is 2.39. The Labute approximate surface area is 125 Å². The average molecular weight is 300 g/mol. The fourth-order valence-electron chi connectivity index (χ4n) is 2.24. The number of nitrogens with zero attached hydrogens (tertiary/aromatic N) is 1. The van der Waals surface area contributed by atoms with Crippen molar-refractivity contribution in [3.05, 3.63) is 53.7 Å². The zero-order chi connectivity index (χ0) is 15.7. The minimum atomic E-state index is -0.444. The highest BCUT2D eigenvalue weighted by molar-refractivity contribution is 6.06. The van der Waals surface area contributed by atoms with E-state index in [1.165, 1.54) is 25.3 Å². The van der Waals surface area contributed by atoms with Crippen LogP contribution < -0.4 is 10.1 Å². The summed E-state index contributed by atoms with van der Waals surface area (Å²) in [6, 6.07) is 7.48. The summed E-state index contributed by atoms with van der Waals surface area (Å²) < 4.78 is 23.9. The number of hydrogen-bond acceptors (Lipinski definition) is 4. The molecule has 0 aliphatic heterocycles. The molecule has 2 aromatic heterocycles. The second-order valence-electron chi connectivity index (χ2n) is 4.71. The van der Waals surface area contributed by atoms with Crippen molar-refractivity contribution in [1.29, 1.82) is 0 Å². The number of carbonyl (C=O) groups excluding carboxylic acids is 1. The molecular formula is C16H13FN2O3. The van der Waals surface area contributed by atoms with Crippen molar-refractivity contribution in [2.75, 3.05) is 12.4 Å². The first-order valence-electron chi connectivity index (χ1n) is 6.59. The molecule has 1 amide bonds. The van der Waals surface area contributed by atoms with Crippen LogP contribution in [0.25, 0.3) is 11.0 Å². The maximum Gasteiger partial charge on any atom is 0.291 e. The van der Waals surface area contributed by atoms with Gasteiger partial charge in [0.15, 0.2) is 5.76 Å². The largest absolute Gasteiger partial charge is 0.480 e. The van der Waals surface area contributed by atoms with Crippen molar-refractivity contribution < 1.29 is 18.3 Å². The zero-order valence-corrected chi connectivity index (χ0v) is 12.0. The standard InChI is InChI=1S/C16H13FN2O3/c1-9-11-8-10(17)5-6-13(11)22-14(9)15(20)19-12-4-3-7-18-16(12)21-2/h3-8H,1-2H3,(H,19,20). The molecule has 0 fully saturated rings. The van der Waals surface area contributed by atoms with Crippen LogP contribution in [0, 0.1) is 12.7 Å². The number of aryl methyl sites for hydroxylation is 1. The highest BCUT2D eigenvalue weighted by Crippen LogP contribution is 2.27. The van der Waals surface area contributed by atoms with Crippen LogP contribution in [0.1, 0.15) is 16.1 Å². The molecule has 0 spiro atoms. The van der Waals surface area contributed by atoms with Gasteiger partial charge in [0.25, 0.3) is 5.91 Å². The number of hydrogen-bond donors (Lipinski definition) is 1.